The van der Waals surface area contributed by atoms with Crippen molar-refractivity contribution in [3.05, 3.63) is 50.4 Å². The summed E-state index contributed by atoms with van der Waals surface area (Å²) < 4.78 is 7.38. The Hall–Kier alpha value is -2.97. The van der Waals surface area contributed by atoms with Crippen molar-refractivity contribution in [2.45, 2.75) is 32.7 Å². The molecule has 0 spiro atoms. The Kier molecular flexibility index (Phi) is 5.05. The molecule has 1 amide bonds. The number of amides is 1. The van der Waals surface area contributed by atoms with Gasteiger partial charge in [-0.25, -0.2) is 4.79 Å². The fraction of sp³-hybridized carbons (Fsp3) is 0.438. The first kappa shape index (κ1) is 18.4. The minimum atomic E-state index is -0.472. The normalized spacial score (nSPS) is 11.9. The quantitative estimate of drug-likeness (QED) is 0.785. The third-order valence-electron chi connectivity index (χ3n) is 3.42. The number of aromatic nitrogens is 4. The van der Waals surface area contributed by atoms with E-state index in [0.717, 1.165) is 4.57 Å². The van der Waals surface area contributed by atoms with E-state index in [-0.39, 0.29) is 17.5 Å². The highest BCUT2D eigenvalue weighted by atomic mass is 16.5. The van der Waals surface area contributed by atoms with Gasteiger partial charge in [0.1, 0.15) is 0 Å². The molecule has 0 saturated carbocycles. The maximum Gasteiger partial charge on any atom is 0.330 e. The smallest absolute Gasteiger partial charge is 0.330 e. The lowest BCUT2D eigenvalue weighted by Gasteiger charge is -2.10. The van der Waals surface area contributed by atoms with Gasteiger partial charge in [0.15, 0.2) is 5.82 Å². The molecule has 0 aliphatic rings. The zero-order chi connectivity index (χ0) is 18.8. The van der Waals surface area contributed by atoms with Crippen LogP contribution >= 0.6 is 0 Å². The lowest BCUT2D eigenvalue weighted by Crippen LogP contribution is -2.37. The molecule has 0 fully saturated rings. The van der Waals surface area contributed by atoms with Crippen LogP contribution in [0.3, 0.4) is 0 Å². The van der Waals surface area contributed by atoms with Gasteiger partial charge in [-0.15, -0.1) is 0 Å². The Balaban J connectivity index is 2.04. The fourth-order valence-electron chi connectivity index (χ4n) is 1.97. The van der Waals surface area contributed by atoms with Gasteiger partial charge in [-0.05, 0) is 6.08 Å². The van der Waals surface area contributed by atoms with Crippen LogP contribution < -0.4 is 16.6 Å². The van der Waals surface area contributed by atoms with Crippen molar-refractivity contribution in [1.29, 1.82) is 0 Å². The van der Waals surface area contributed by atoms with Gasteiger partial charge in [0.25, 0.3) is 5.56 Å². The van der Waals surface area contributed by atoms with Gasteiger partial charge in [0, 0.05) is 31.8 Å². The maximum absolute atomic E-state index is 12.0. The minimum absolute atomic E-state index is 0.105. The average Bonchev–Trinajstić information content (AvgIpc) is 3.02. The molecule has 0 radical (unpaired) electrons. The van der Waals surface area contributed by atoms with Crippen LogP contribution in [-0.4, -0.2) is 25.2 Å². The van der Waals surface area contributed by atoms with Crippen LogP contribution in [0.15, 0.2) is 26.4 Å². The van der Waals surface area contributed by atoms with Crippen LogP contribution in [0.4, 0.5) is 0 Å². The van der Waals surface area contributed by atoms with E-state index >= 15 is 0 Å². The number of nitrogens with zero attached hydrogens (tertiary/aromatic N) is 4. The first-order valence-electron chi connectivity index (χ1n) is 7.65. The lowest BCUT2D eigenvalue weighted by molar-refractivity contribution is -0.116. The van der Waals surface area contributed by atoms with Crippen molar-refractivity contribution in [1.82, 2.24) is 24.6 Å². The predicted octanol–water partition coefficient (Wildman–Crippen LogP) is 0.0941. The van der Waals surface area contributed by atoms with Crippen LogP contribution in [0.5, 0.6) is 0 Å². The predicted molar refractivity (Wildman–Crippen MR) is 90.8 cm³/mol. The summed E-state index contributed by atoms with van der Waals surface area (Å²) in [6, 6.07) is 0. The van der Waals surface area contributed by atoms with Crippen molar-refractivity contribution in [3.63, 3.8) is 0 Å². The highest BCUT2D eigenvalue weighted by molar-refractivity contribution is 5.91. The van der Waals surface area contributed by atoms with E-state index in [1.165, 1.54) is 37.0 Å². The molecular formula is C16H21N5O4. The van der Waals surface area contributed by atoms with Crippen molar-refractivity contribution >= 4 is 12.0 Å². The summed E-state index contributed by atoms with van der Waals surface area (Å²) in [6.45, 7) is 5.94. The van der Waals surface area contributed by atoms with Gasteiger partial charge in [0.05, 0.1) is 12.1 Å². The number of hydrogen-bond donors (Lipinski definition) is 1. The summed E-state index contributed by atoms with van der Waals surface area (Å²) in [6.07, 6.45) is 3.95. The molecule has 9 heteroatoms. The summed E-state index contributed by atoms with van der Waals surface area (Å²) in [7, 11) is 2.91. The molecule has 0 unspecified atom stereocenters. The molecule has 2 heterocycles. The van der Waals surface area contributed by atoms with E-state index in [4.69, 9.17) is 4.52 Å². The SMILES string of the molecule is Cn1cc(C=CC(=O)NCc2noc(C(C)(C)C)n2)c(=O)n(C)c1=O. The first-order valence-corrected chi connectivity index (χ1v) is 7.65. The summed E-state index contributed by atoms with van der Waals surface area (Å²) in [4.78, 5) is 39.7. The van der Waals surface area contributed by atoms with E-state index < -0.39 is 17.2 Å². The van der Waals surface area contributed by atoms with Crippen molar-refractivity contribution in [3.8, 4) is 0 Å². The fourth-order valence-corrected chi connectivity index (χ4v) is 1.97. The Morgan fingerprint density at radius 3 is 2.60 bits per heavy atom. The van der Waals surface area contributed by atoms with Gasteiger partial charge in [-0.3, -0.25) is 14.2 Å². The summed E-state index contributed by atoms with van der Waals surface area (Å²) in [5, 5.41) is 6.41. The Morgan fingerprint density at radius 2 is 2.00 bits per heavy atom. The number of nitrogens with one attached hydrogen (secondary N) is 1. The first-order chi connectivity index (χ1) is 11.6. The Labute approximate surface area is 144 Å². The minimum Gasteiger partial charge on any atom is -0.345 e. The maximum atomic E-state index is 12.0. The standard InChI is InChI=1S/C16H21N5O4/c1-16(2,3)14-18-11(19-25-14)8-17-12(22)7-6-10-9-20(4)15(24)21(5)13(10)23/h6-7,9H,8H2,1-5H3,(H,17,22). The largest absolute Gasteiger partial charge is 0.345 e. The van der Waals surface area contributed by atoms with E-state index in [0.29, 0.717) is 11.7 Å². The molecule has 0 atom stereocenters. The monoisotopic (exact) mass is 347 g/mol. The molecule has 2 aromatic rings. The zero-order valence-electron chi connectivity index (χ0n) is 14.9. The van der Waals surface area contributed by atoms with Crippen molar-refractivity contribution < 1.29 is 9.32 Å². The third-order valence-corrected chi connectivity index (χ3v) is 3.42. The molecule has 0 bridgehead atoms. The van der Waals surface area contributed by atoms with E-state index in [9.17, 15) is 14.4 Å². The molecule has 134 valence electrons. The van der Waals surface area contributed by atoms with Crippen molar-refractivity contribution in [2.75, 3.05) is 0 Å². The summed E-state index contributed by atoms with van der Waals surface area (Å²) in [5.41, 5.74) is -0.939. The molecule has 25 heavy (non-hydrogen) atoms. The van der Waals surface area contributed by atoms with Crippen LogP contribution in [0, 0.1) is 0 Å². The number of carbonyl (C=O) groups excluding carboxylic acids is 1. The van der Waals surface area contributed by atoms with Crippen molar-refractivity contribution in [2.24, 2.45) is 14.1 Å². The molecule has 0 saturated heterocycles. The van der Waals surface area contributed by atoms with Gasteiger partial charge >= 0.3 is 5.69 Å². The second-order valence-corrected chi connectivity index (χ2v) is 6.66. The molecule has 2 rings (SSSR count). The summed E-state index contributed by atoms with van der Waals surface area (Å²) in [5.74, 6) is 0.434. The van der Waals surface area contributed by atoms with Crippen LogP contribution in [0.1, 0.15) is 38.0 Å². The molecule has 2 aromatic heterocycles. The second kappa shape index (κ2) is 6.88. The third kappa shape index (κ3) is 4.31. The molecular weight excluding hydrogens is 326 g/mol. The number of carbonyl (C=O) groups is 1. The van der Waals surface area contributed by atoms with Gasteiger partial charge in [-0.1, -0.05) is 25.9 Å². The van der Waals surface area contributed by atoms with Gasteiger partial charge in [0.2, 0.25) is 11.8 Å². The van der Waals surface area contributed by atoms with Crippen LogP contribution in [-0.2, 0) is 30.8 Å². The molecule has 0 aliphatic heterocycles. The van der Waals surface area contributed by atoms with E-state index in [1.807, 2.05) is 20.8 Å². The van der Waals surface area contributed by atoms with Gasteiger partial charge in [-0.2, -0.15) is 4.98 Å². The Bertz CT molecular complexity index is 927. The van der Waals surface area contributed by atoms with Crippen LogP contribution in [0.2, 0.25) is 0 Å². The molecule has 1 N–H and O–H groups in total. The topological polar surface area (TPSA) is 112 Å². The zero-order valence-corrected chi connectivity index (χ0v) is 14.9. The van der Waals surface area contributed by atoms with Crippen LogP contribution in [0.25, 0.3) is 6.08 Å². The average molecular weight is 347 g/mol. The van der Waals surface area contributed by atoms with E-state index in [1.54, 1.807) is 0 Å². The molecule has 9 nitrogen and oxygen atoms in total. The number of hydrogen-bond acceptors (Lipinski definition) is 6. The van der Waals surface area contributed by atoms with E-state index in [2.05, 4.69) is 15.5 Å². The highest BCUT2D eigenvalue weighted by Crippen LogP contribution is 2.19. The Morgan fingerprint density at radius 1 is 1.32 bits per heavy atom. The number of rotatable bonds is 4. The second-order valence-electron chi connectivity index (χ2n) is 6.66. The van der Waals surface area contributed by atoms with Gasteiger partial charge < -0.3 is 14.4 Å². The number of aryl methyl sites for hydroxylation is 1. The molecule has 0 aliphatic carbocycles. The lowest BCUT2D eigenvalue weighted by atomic mass is 9.97. The summed E-state index contributed by atoms with van der Waals surface area (Å²) >= 11 is 0. The highest BCUT2D eigenvalue weighted by Gasteiger charge is 2.21. The molecule has 0 aromatic carbocycles.